The Labute approximate surface area is 151 Å². The van der Waals surface area contributed by atoms with Crippen molar-refractivity contribution in [3.63, 3.8) is 0 Å². The van der Waals surface area contributed by atoms with E-state index >= 15 is 0 Å². The molecule has 1 amide bonds. The molecule has 0 heterocycles. The van der Waals surface area contributed by atoms with E-state index in [0.717, 1.165) is 23.9 Å². The molecule has 0 fully saturated rings. The van der Waals surface area contributed by atoms with Crippen LogP contribution in [0.2, 0.25) is 0 Å². The molecule has 0 saturated carbocycles. The summed E-state index contributed by atoms with van der Waals surface area (Å²) in [7, 11) is 0. The molecule has 26 heavy (non-hydrogen) atoms. The Morgan fingerprint density at radius 2 is 1.92 bits per heavy atom. The summed E-state index contributed by atoms with van der Waals surface area (Å²) in [4.78, 5) is 14.3. The second-order valence-electron chi connectivity index (χ2n) is 5.95. The third-order valence-electron chi connectivity index (χ3n) is 3.73. The number of nitrogens with zero attached hydrogens (tertiary/aromatic N) is 2. The Bertz CT molecular complexity index is 842. The number of anilines is 1. The maximum Gasteiger partial charge on any atom is 0.266 e. The van der Waals surface area contributed by atoms with E-state index in [1.54, 1.807) is 4.90 Å². The standard InChI is InChI=1S/C20H19F2N3O/c1-14(2)25(13-15-6-4-3-5-7-15)20(26)16(11-23)12-24-19-9-8-17(21)10-18(19)22/h3-10,12,14,24H,13H2,1-2H3/b16-12-. The van der Waals surface area contributed by atoms with Crippen molar-refractivity contribution >= 4 is 11.6 Å². The Balaban J connectivity index is 2.20. The fraction of sp³-hybridized carbons (Fsp3) is 0.200. The molecule has 134 valence electrons. The van der Waals surface area contributed by atoms with Gasteiger partial charge in [-0.05, 0) is 31.5 Å². The minimum absolute atomic E-state index is 0.0221. The van der Waals surface area contributed by atoms with Gasteiger partial charge < -0.3 is 10.2 Å². The van der Waals surface area contributed by atoms with E-state index in [0.29, 0.717) is 6.54 Å². The van der Waals surface area contributed by atoms with Gasteiger partial charge in [0.25, 0.3) is 5.91 Å². The zero-order valence-corrected chi connectivity index (χ0v) is 14.5. The van der Waals surface area contributed by atoms with Crippen LogP contribution in [0.4, 0.5) is 14.5 Å². The van der Waals surface area contributed by atoms with Crippen molar-refractivity contribution in [3.8, 4) is 6.07 Å². The van der Waals surface area contributed by atoms with Crippen molar-refractivity contribution in [2.75, 3.05) is 5.32 Å². The summed E-state index contributed by atoms with van der Waals surface area (Å²) >= 11 is 0. The minimum atomic E-state index is -0.809. The normalized spacial score (nSPS) is 11.2. The van der Waals surface area contributed by atoms with Crippen LogP contribution >= 0.6 is 0 Å². The number of nitrogens with one attached hydrogen (secondary N) is 1. The third kappa shape index (κ3) is 4.90. The number of rotatable bonds is 6. The lowest BCUT2D eigenvalue weighted by molar-refractivity contribution is -0.129. The molecule has 6 heteroatoms. The molecule has 2 aromatic carbocycles. The van der Waals surface area contributed by atoms with Crippen LogP contribution in [0.25, 0.3) is 0 Å². The van der Waals surface area contributed by atoms with Gasteiger partial charge in [-0.15, -0.1) is 0 Å². The SMILES string of the molecule is CC(C)N(Cc1ccccc1)C(=O)/C(C#N)=C\Nc1ccc(F)cc1F. The molecule has 0 saturated heterocycles. The molecule has 1 N–H and O–H groups in total. The van der Waals surface area contributed by atoms with Crippen LogP contribution in [-0.2, 0) is 11.3 Å². The van der Waals surface area contributed by atoms with Crippen molar-refractivity contribution in [2.24, 2.45) is 0 Å². The summed E-state index contributed by atoms with van der Waals surface area (Å²) in [6, 6.07) is 14.1. The number of hydrogen-bond donors (Lipinski definition) is 1. The zero-order chi connectivity index (χ0) is 19.1. The Morgan fingerprint density at radius 3 is 2.50 bits per heavy atom. The van der Waals surface area contributed by atoms with Gasteiger partial charge in [-0.3, -0.25) is 4.79 Å². The molecule has 2 rings (SSSR count). The zero-order valence-electron chi connectivity index (χ0n) is 14.5. The van der Waals surface area contributed by atoms with E-state index in [1.165, 1.54) is 6.07 Å². The summed E-state index contributed by atoms with van der Waals surface area (Å²) < 4.78 is 26.6. The fourth-order valence-corrected chi connectivity index (χ4v) is 2.32. The number of halogens is 2. The largest absolute Gasteiger partial charge is 0.358 e. The maximum absolute atomic E-state index is 13.7. The van der Waals surface area contributed by atoms with Crippen molar-refractivity contribution in [1.82, 2.24) is 4.90 Å². The number of nitriles is 1. The molecular weight excluding hydrogens is 336 g/mol. The molecule has 0 aliphatic heterocycles. The lowest BCUT2D eigenvalue weighted by atomic mass is 10.1. The molecule has 0 aliphatic rings. The van der Waals surface area contributed by atoms with Crippen molar-refractivity contribution < 1.29 is 13.6 Å². The molecule has 0 radical (unpaired) electrons. The fourth-order valence-electron chi connectivity index (χ4n) is 2.32. The highest BCUT2D eigenvalue weighted by molar-refractivity contribution is 5.97. The monoisotopic (exact) mass is 355 g/mol. The van der Waals surface area contributed by atoms with Gasteiger partial charge in [0.1, 0.15) is 23.3 Å². The van der Waals surface area contributed by atoms with Gasteiger partial charge >= 0.3 is 0 Å². The van der Waals surface area contributed by atoms with Gasteiger partial charge in [-0.1, -0.05) is 30.3 Å². The number of carbonyl (C=O) groups is 1. The Morgan fingerprint density at radius 1 is 1.23 bits per heavy atom. The number of carbonyl (C=O) groups excluding carboxylic acids is 1. The van der Waals surface area contributed by atoms with Crippen LogP contribution < -0.4 is 5.32 Å². The molecule has 4 nitrogen and oxygen atoms in total. The minimum Gasteiger partial charge on any atom is -0.358 e. The predicted octanol–water partition coefficient (Wildman–Crippen LogP) is 4.22. The van der Waals surface area contributed by atoms with Crippen molar-refractivity contribution in [3.05, 3.63) is 77.5 Å². The van der Waals surface area contributed by atoms with Crippen LogP contribution in [0.5, 0.6) is 0 Å². The average Bonchev–Trinajstić information content (AvgIpc) is 2.62. The predicted molar refractivity (Wildman–Crippen MR) is 95.8 cm³/mol. The van der Waals surface area contributed by atoms with Crippen molar-refractivity contribution in [2.45, 2.75) is 26.4 Å². The summed E-state index contributed by atoms with van der Waals surface area (Å²) in [5, 5.41) is 11.9. The highest BCUT2D eigenvalue weighted by atomic mass is 19.1. The summed E-state index contributed by atoms with van der Waals surface area (Å²) in [6.45, 7) is 4.05. The first-order valence-electron chi connectivity index (χ1n) is 8.09. The molecule has 0 bridgehead atoms. The smallest absolute Gasteiger partial charge is 0.266 e. The van der Waals surface area contributed by atoms with Crippen LogP contribution in [0.3, 0.4) is 0 Å². The van der Waals surface area contributed by atoms with Gasteiger partial charge in [0, 0.05) is 24.9 Å². The lowest BCUT2D eigenvalue weighted by Crippen LogP contribution is -2.37. The molecule has 0 unspecified atom stereocenters. The molecule has 0 atom stereocenters. The molecule has 0 aromatic heterocycles. The van der Waals surface area contributed by atoms with Crippen LogP contribution in [-0.4, -0.2) is 16.8 Å². The van der Waals surface area contributed by atoms with Gasteiger partial charge in [-0.2, -0.15) is 5.26 Å². The quantitative estimate of drug-likeness (QED) is 0.623. The summed E-state index contributed by atoms with van der Waals surface area (Å²) in [6.07, 6.45) is 1.14. The van der Waals surface area contributed by atoms with Crippen LogP contribution in [0.15, 0.2) is 60.3 Å². The number of benzene rings is 2. The maximum atomic E-state index is 13.7. The van der Waals surface area contributed by atoms with E-state index < -0.39 is 17.5 Å². The molecule has 0 spiro atoms. The van der Waals surface area contributed by atoms with E-state index in [9.17, 15) is 18.8 Å². The average molecular weight is 355 g/mol. The van der Waals surface area contributed by atoms with Crippen molar-refractivity contribution in [1.29, 1.82) is 5.26 Å². The van der Waals surface area contributed by atoms with Gasteiger partial charge in [0.2, 0.25) is 0 Å². The first kappa shape index (κ1) is 19.1. The summed E-state index contributed by atoms with van der Waals surface area (Å²) in [5.74, 6) is -1.99. The van der Waals surface area contributed by atoms with Crippen LogP contribution in [0.1, 0.15) is 19.4 Å². The first-order valence-corrected chi connectivity index (χ1v) is 8.09. The lowest BCUT2D eigenvalue weighted by Gasteiger charge is -2.26. The highest BCUT2D eigenvalue weighted by Crippen LogP contribution is 2.16. The first-order chi connectivity index (χ1) is 12.4. The molecule has 0 aliphatic carbocycles. The topological polar surface area (TPSA) is 56.1 Å². The van der Waals surface area contributed by atoms with Gasteiger partial charge in [0.15, 0.2) is 0 Å². The van der Waals surface area contributed by atoms with Crippen LogP contribution in [0, 0.1) is 23.0 Å². The Hall–Kier alpha value is -3.20. The number of amides is 1. The van der Waals surface area contributed by atoms with E-state index in [4.69, 9.17) is 0 Å². The molecular formula is C20H19F2N3O. The molecule has 2 aromatic rings. The van der Waals surface area contributed by atoms with E-state index in [2.05, 4.69) is 5.32 Å². The third-order valence-corrected chi connectivity index (χ3v) is 3.73. The van der Waals surface area contributed by atoms with Gasteiger partial charge in [0.05, 0.1) is 5.69 Å². The second-order valence-corrected chi connectivity index (χ2v) is 5.95. The van der Waals surface area contributed by atoms with E-state index in [1.807, 2.05) is 50.2 Å². The highest BCUT2D eigenvalue weighted by Gasteiger charge is 2.21. The Kier molecular flexibility index (Phi) is 6.45. The second kappa shape index (κ2) is 8.77. The summed E-state index contributed by atoms with van der Waals surface area (Å²) in [5.41, 5.74) is 0.744. The van der Waals surface area contributed by atoms with E-state index in [-0.39, 0.29) is 17.3 Å². The number of hydrogen-bond acceptors (Lipinski definition) is 3. The van der Waals surface area contributed by atoms with Gasteiger partial charge in [-0.25, -0.2) is 8.78 Å².